The average molecular weight is 470 g/mol. The van der Waals surface area contributed by atoms with E-state index in [1.54, 1.807) is 0 Å². The Kier molecular flexibility index (Phi) is 7.82. The number of likely N-dealkylation sites (tertiary alicyclic amines) is 1. The van der Waals surface area contributed by atoms with E-state index in [2.05, 4.69) is 10.00 Å². The maximum absolute atomic E-state index is 13.1. The number of rotatable bonds is 10. The molecular weight excluding hydrogens is 437 g/mol. The zero-order chi connectivity index (χ0) is 24.0. The van der Waals surface area contributed by atoms with Gasteiger partial charge in [0, 0.05) is 38.8 Å². The monoisotopic (exact) mass is 469 g/mol. The number of ether oxygens (including phenoxy) is 2. The molecule has 0 saturated carbocycles. The fourth-order valence-corrected chi connectivity index (χ4v) is 4.16. The summed E-state index contributed by atoms with van der Waals surface area (Å²) in [6, 6.07) is 13.6. The van der Waals surface area contributed by atoms with E-state index in [4.69, 9.17) is 9.47 Å². The molecule has 1 aliphatic rings. The van der Waals surface area contributed by atoms with E-state index < -0.39 is 11.7 Å². The van der Waals surface area contributed by atoms with Gasteiger partial charge in [0.05, 0.1) is 18.9 Å². The summed E-state index contributed by atoms with van der Waals surface area (Å²) in [6.07, 6.45) is 4.27. The number of hydrogen-bond donors (Lipinski definition) is 2. The maximum Gasteiger partial charge on any atom is 0.137 e. The van der Waals surface area contributed by atoms with Crippen LogP contribution in [0.25, 0.3) is 0 Å². The van der Waals surface area contributed by atoms with E-state index in [-0.39, 0.29) is 19.0 Å². The normalized spacial score (nSPS) is 20.9. The van der Waals surface area contributed by atoms with Gasteiger partial charge in [0.25, 0.3) is 0 Å². The fraction of sp³-hybridized carbons (Fsp3) is 0.423. The predicted molar refractivity (Wildman–Crippen MR) is 126 cm³/mol. The Balaban J connectivity index is 1.28. The molecule has 3 aromatic rings. The van der Waals surface area contributed by atoms with Gasteiger partial charge in [0.2, 0.25) is 0 Å². The minimum absolute atomic E-state index is 0.0742. The van der Waals surface area contributed by atoms with Gasteiger partial charge in [0.1, 0.15) is 29.5 Å². The van der Waals surface area contributed by atoms with Gasteiger partial charge in [-0.05, 0) is 60.9 Å². The van der Waals surface area contributed by atoms with Gasteiger partial charge in [-0.15, -0.1) is 0 Å². The first kappa shape index (κ1) is 24.2. The third kappa shape index (κ3) is 6.56. The van der Waals surface area contributed by atoms with Crippen molar-refractivity contribution in [1.82, 2.24) is 14.7 Å². The van der Waals surface area contributed by atoms with Gasteiger partial charge in [-0.2, -0.15) is 5.10 Å². The molecule has 1 saturated heterocycles. The molecule has 0 aliphatic carbocycles. The Hall–Kier alpha value is -2.94. The van der Waals surface area contributed by atoms with Crippen molar-refractivity contribution in [3.63, 3.8) is 0 Å². The summed E-state index contributed by atoms with van der Waals surface area (Å²) >= 11 is 0. The average Bonchev–Trinajstić information content (AvgIpc) is 3.24. The maximum atomic E-state index is 13.1. The Morgan fingerprint density at radius 1 is 1.15 bits per heavy atom. The first-order valence-corrected chi connectivity index (χ1v) is 11.6. The molecule has 7 nitrogen and oxygen atoms in total. The van der Waals surface area contributed by atoms with Crippen molar-refractivity contribution in [1.29, 1.82) is 0 Å². The van der Waals surface area contributed by atoms with Crippen molar-refractivity contribution in [2.45, 2.75) is 44.6 Å². The molecule has 1 aliphatic heterocycles. The topological polar surface area (TPSA) is 80.0 Å². The molecule has 0 radical (unpaired) electrons. The second kappa shape index (κ2) is 11.0. The number of β-amino-alcohol motifs (C(OH)–C–C–N with tert-alkyl or cyclic N) is 1. The molecule has 2 atom stereocenters. The Morgan fingerprint density at radius 3 is 2.74 bits per heavy atom. The van der Waals surface area contributed by atoms with E-state index in [0.717, 1.165) is 29.8 Å². The molecular formula is C26H32FN3O4. The summed E-state index contributed by atoms with van der Waals surface area (Å²) in [6.45, 7) is 4.90. The molecule has 0 amide bonds. The molecule has 0 unspecified atom stereocenters. The summed E-state index contributed by atoms with van der Waals surface area (Å²) in [5, 5.41) is 25.8. The first-order valence-electron chi connectivity index (χ1n) is 11.6. The summed E-state index contributed by atoms with van der Waals surface area (Å²) in [7, 11) is 0. The van der Waals surface area contributed by atoms with Crippen molar-refractivity contribution < 1.29 is 24.1 Å². The van der Waals surface area contributed by atoms with Crippen LogP contribution in [0.3, 0.4) is 0 Å². The Morgan fingerprint density at radius 2 is 1.97 bits per heavy atom. The number of halogens is 1. The predicted octanol–water partition coefficient (Wildman–Crippen LogP) is 3.18. The molecule has 34 heavy (non-hydrogen) atoms. The lowest BCUT2D eigenvalue weighted by atomic mass is 9.90. The minimum atomic E-state index is -1.41. The Labute approximate surface area is 199 Å². The molecule has 2 aromatic carbocycles. The molecule has 0 spiro atoms. The number of aliphatic hydroxyl groups is 2. The summed E-state index contributed by atoms with van der Waals surface area (Å²) in [4.78, 5) is 2.10. The second-order valence-corrected chi connectivity index (χ2v) is 8.99. The van der Waals surface area contributed by atoms with Gasteiger partial charge in [-0.3, -0.25) is 9.58 Å². The van der Waals surface area contributed by atoms with Crippen LogP contribution < -0.4 is 9.47 Å². The van der Waals surface area contributed by atoms with Crippen LogP contribution in [0.2, 0.25) is 0 Å². The number of nitrogens with zero attached hydrogens (tertiary/aromatic N) is 3. The lowest BCUT2D eigenvalue weighted by molar-refractivity contribution is -0.140. The van der Waals surface area contributed by atoms with E-state index in [0.29, 0.717) is 31.9 Å². The summed E-state index contributed by atoms with van der Waals surface area (Å²) < 4.78 is 26.6. The highest BCUT2D eigenvalue weighted by Gasteiger charge is 2.42. The van der Waals surface area contributed by atoms with Crippen LogP contribution in [-0.4, -0.2) is 62.9 Å². The molecule has 1 fully saturated rings. The fourth-order valence-electron chi connectivity index (χ4n) is 4.16. The van der Waals surface area contributed by atoms with E-state index in [1.807, 2.05) is 48.3 Å². The molecule has 2 heterocycles. The standard InChI is InChI=1S/C26H32FN3O4/c1-20-15-28-30(16-20)11-3-13-33-24-5-2-4-21(14-24)17-29-12-10-25(31)26(32,18-29)19-34-23-8-6-22(27)7-9-23/h2,4-9,14-16,25,31-32H,3,10-13,17-19H2,1H3/t25-,26-/m0/s1. The largest absolute Gasteiger partial charge is 0.494 e. The van der Waals surface area contributed by atoms with Crippen LogP contribution in [0.5, 0.6) is 11.5 Å². The van der Waals surface area contributed by atoms with Crippen molar-refractivity contribution in [3.05, 3.63) is 77.9 Å². The highest BCUT2D eigenvalue weighted by Crippen LogP contribution is 2.26. The second-order valence-electron chi connectivity index (χ2n) is 8.99. The number of benzene rings is 2. The smallest absolute Gasteiger partial charge is 0.137 e. The highest BCUT2D eigenvalue weighted by molar-refractivity contribution is 5.28. The van der Waals surface area contributed by atoms with Crippen LogP contribution in [0.1, 0.15) is 24.0 Å². The molecule has 0 bridgehead atoms. The van der Waals surface area contributed by atoms with Crippen molar-refractivity contribution in [2.24, 2.45) is 0 Å². The number of aromatic nitrogens is 2. The van der Waals surface area contributed by atoms with Crippen LogP contribution in [0, 0.1) is 12.7 Å². The molecule has 2 N–H and O–H groups in total. The molecule has 4 rings (SSSR count). The SMILES string of the molecule is Cc1cnn(CCCOc2cccc(CN3CC[C@H](O)[C@@](O)(COc4ccc(F)cc4)C3)c2)c1. The number of aliphatic hydroxyl groups excluding tert-OH is 1. The zero-order valence-electron chi connectivity index (χ0n) is 19.4. The Bertz CT molecular complexity index is 1060. The quantitative estimate of drug-likeness (QED) is 0.444. The van der Waals surface area contributed by atoms with Crippen molar-refractivity contribution in [2.75, 3.05) is 26.3 Å². The first-order chi connectivity index (χ1) is 16.4. The highest BCUT2D eigenvalue weighted by atomic mass is 19.1. The van der Waals surface area contributed by atoms with E-state index >= 15 is 0 Å². The molecule has 182 valence electrons. The molecule has 8 heteroatoms. The number of aryl methyl sites for hydroxylation is 2. The summed E-state index contributed by atoms with van der Waals surface area (Å²) in [5.74, 6) is 0.905. The van der Waals surface area contributed by atoms with Gasteiger partial charge in [-0.25, -0.2) is 4.39 Å². The van der Waals surface area contributed by atoms with Gasteiger partial charge in [0.15, 0.2) is 0 Å². The number of hydrogen-bond acceptors (Lipinski definition) is 6. The van der Waals surface area contributed by atoms with Crippen LogP contribution in [0.4, 0.5) is 4.39 Å². The number of piperidine rings is 1. The summed E-state index contributed by atoms with van der Waals surface area (Å²) in [5.41, 5.74) is 0.803. The van der Waals surface area contributed by atoms with Crippen LogP contribution >= 0.6 is 0 Å². The van der Waals surface area contributed by atoms with E-state index in [1.165, 1.54) is 24.3 Å². The molecule has 1 aromatic heterocycles. The van der Waals surface area contributed by atoms with Crippen LogP contribution in [-0.2, 0) is 13.1 Å². The lowest BCUT2D eigenvalue weighted by Crippen LogP contribution is -2.59. The third-order valence-corrected chi connectivity index (χ3v) is 6.01. The van der Waals surface area contributed by atoms with Crippen LogP contribution in [0.15, 0.2) is 60.9 Å². The van der Waals surface area contributed by atoms with E-state index in [9.17, 15) is 14.6 Å². The lowest BCUT2D eigenvalue weighted by Gasteiger charge is -2.42. The van der Waals surface area contributed by atoms with Gasteiger partial charge in [-0.1, -0.05) is 12.1 Å². The van der Waals surface area contributed by atoms with Crippen molar-refractivity contribution >= 4 is 0 Å². The third-order valence-electron chi connectivity index (χ3n) is 6.01. The minimum Gasteiger partial charge on any atom is -0.494 e. The van der Waals surface area contributed by atoms with Crippen molar-refractivity contribution in [3.8, 4) is 11.5 Å². The zero-order valence-corrected chi connectivity index (χ0v) is 19.4. The van der Waals surface area contributed by atoms with Gasteiger partial charge < -0.3 is 19.7 Å². The van der Waals surface area contributed by atoms with Gasteiger partial charge >= 0.3 is 0 Å².